The maximum Gasteiger partial charge on any atom is 0.236 e. The highest BCUT2D eigenvalue weighted by atomic mass is 16.2. The van der Waals surface area contributed by atoms with Gasteiger partial charge in [-0.3, -0.25) is 10.1 Å². The van der Waals surface area contributed by atoms with Crippen molar-refractivity contribution in [3.05, 3.63) is 18.2 Å². The van der Waals surface area contributed by atoms with Crippen LogP contribution in [0.3, 0.4) is 0 Å². The third-order valence-electron chi connectivity index (χ3n) is 2.23. The molecule has 0 saturated carbocycles. The smallest absolute Gasteiger partial charge is 0.236 e. The summed E-state index contributed by atoms with van der Waals surface area (Å²) in [7, 11) is 1.93. The van der Waals surface area contributed by atoms with Crippen LogP contribution in [0.1, 0.15) is 19.7 Å². The zero-order valence-electron chi connectivity index (χ0n) is 9.45. The molecule has 5 heteroatoms. The molecule has 0 aromatic carbocycles. The average molecular weight is 210 g/mol. The summed E-state index contributed by atoms with van der Waals surface area (Å²) in [4.78, 5) is 15.5. The molecule has 0 spiro atoms. The summed E-state index contributed by atoms with van der Waals surface area (Å²) < 4.78 is 1.93. The van der Waals surface area contributed by atoms with E-state index in [9.17, 15) is 4.79 Å². The van der Waals surface area contributed by atoms with Crippen molar-refractivity contribution in [2.24, 2.45) is 7.05 Å². The van der Waals surface area contributed by atoms with E-state index in [0.29, 0.717) is 13.1 Å². The van der Waals surface area contributed by atoms with Gasteiger partial charge in [0.25, 0.3) is 0 Å². The van der Waals surface area contributed by atoms with E-state index < -0.39 is 0 Å². The zero-order valence-corrected chi connectivity index (χ0v) is 9.45. The molecule has 15 heavy (non-hydrogen) atoms. The second kappa shape index (κ2) is 5.50. The van der Waals surface area contributed by atoms with E-state index >= 15 is 0 Å². The molecule has 0 bridgehead atoms. The number of carbonyl (C=O) groups is 1. The van der Waals surface area contributed by atoms with E-state index in [1.54, 1.807) is 6.20 Å². The molecule has 0 radical (unpaired) electrons. The first-order valence-corrected chi connectivity index (χ1v) is 5.12. The lowest BCUT2D eigenvalue weighted by Crippen LogP contribution is -2.42. The maximum absolute atomic E-state index is 11.4. The highest BCUT2D eigenvalue weighted by Crippen LogP contribution is 1.94. The van der Waals surface area contributed by atoms with Crippen LogP contribution < -0.4 is 10.6 Å². The van der Waals surface area contributed by atoms with Gasteiger partial charge in [-0.05, 0) is 13.8 Å². The second-order valence-electron chi connectivity index (χ2n) is 3.45. The van der Waals surface area contributed by atoms with Crippen LogP contribution in [0.25, 0.3) is 0 Å². The van der Waals surface area contributed by atoms with Gasteiger partial charge in [0.15, 0.2) is 0 Å². The van der Waals surface area contributed by atoms with Crippen molar-refractivity contribution in [2.45, 2.75) is 26.4 Å². The predicted molar refractivity (Wildman–Crippen MR) is 58.2 cm³/mol. The summed E-state index contributed by atoms with van der Waals surface area (Å²) in [5.74, 6) is 0.942. The molecule has 1 atom stereocenters. The lowest BCUT2D eigenvalue weighted by Gasteiger charge is -2.12. The van der Waals surface area contributed by atoms with E-state index in [1.807, 2.05) is 31.7 Å². The zero-order chi connectivity index (χ0) is 11.3. The molecule has 5 nitrogen and oxygen atoms in total. The fourth-order valence-corrected chi connectivity index (χ4v) is 1.23. The van der Waals surface area contributed by atoms with Crippen LogP contribution >= 0.6 is 0 Å². The van der Waals surface area contributed by atoms with Crippen LogP contribution in [0.15, 0.2) is 12.4 Å². The predicted octanol–water partition coefficient (Wildman–Crippen LogP) is 0.0343. The summed E-state index contributed by atoms with van der Waals surface area (Å²) in [6.07, 6.45) is 3.63. The first kappa shape index (κ1) is 11.7. The number of carbonyl (C=O) groups excluding carboxylic acids is 1. The molecule has 2 N–H and O–H groups in total. The Bertz CT molecular complexity index is 321. The van der Waals surface area contributed by atoms with Gasteiger partial charge in [-0.1, -0.05) is 0 Å². The summed E-state index contributed by atoms with van der Waals surface area (Å²) in [5.41, 5.74) is 0. The van der Waals surface area contributed by atoms with Gasteiger partial charge in [0.1, 0.15) is 5.82 Å². The number of nitrogens with zero attached hydrogens (tertiary/aromatic N) is 2. The minimum absolute atomic E-state index is 0.0201. The topological polar surface area (TPSA) is 59.0 Å². The number of rotatable bonds is 5. The fraction of sp³-hybridized carbons (Fsp3) is 0.600. The van der Waals surface area contributed by atoms with Crippen LogP contribution in [0.5, 0.6) is 0 Å². The third-order valence-corrected chi connectivity index (χ3v) is 2.23. The quantitative estimate of drug-likeness (QED) is 0.721. The Morgan fingerprint density at radius 2 is 2.40 bits per heavy atom. The Balaban J connectivity index is 2.37. The highest BCUT2D eigenvalue weighted by Gasteiger charge is 2.11. The Morgan fingerprint density at radius 3 is 2.93 bits per heavy atom. The maximum atomic E-state index is 11.4. The molecular formula is C10H18N4O. The Morgan fingerprint density at radius 1 is 1.67 bits per heavy atom. The number of imidazole rings is 1. The van der Waals surface area contributed by atoms with Crippen LogP contribution in [0.4, 0.5) is 0 Å². The van der Waals surface area contributed by atoms with E-state index in [4.69, 9.17) is 0 Å². The van der Waals surface area contributed by atoms with Crippen molar-refractivity contribution in [1.82, 2.24) is 20.2 Å². The van der Waals surface area contributed by atoms with Crippen molar-refractivity contribution in [3.63, 3.8) is 0 Å². The van der Waals surface area contributed by atoms with Gasteiger partial charge >= 0.3 is 0 Å². The molecule has 1 rings (SSSR count). The molecule has 0 fully saturated rings. The fourth-order valence-electron chi connectivity index (χ4n) is 1.23. The van der Waals surface area contributed by atoms with Crippen LogP contribution in [-0.4, -0.2) is 28.0 Å². The van der Waals surface area contributed by atoms with E-state index in [1.165, 1.54) is 0 Å². The van der Waals surface area contributed by atoms with Crippen molar-refractivity contribution in [3.8, 4) is 0 Å². The molecule has 1 amide bonds. The minimum Gasteiger partial charge on any atom is -0.355 e. The Labute approximate surface area is 89.9 Å². The largest absolute Gasteiger partial charge is 0.355 e. The van der Waals surface area contributed by atoms with Crippen molar-refractivity contribution in [2.75, 3.05) is 6.54 Å². The Kier molecular flexibility index (Phi) is 4.30. The number of aromatic nitrogens is 2. The van der Waals surface area contributed by atoms with Gasteiger partial charge in [0, 0.05) is 26.0 Å². The normalized spacial score (nSPS) is 12.5. The van der Waals surface area contributed by atoms with Gasteiger partial charge in [0.2, 0.25) is 5.91 Å². The molecule has 1 unspecified atom stereocenters. The monoisotopic (exact) mass is 210 g/mol. The van der Waals surface area contributed by atoms with Crippen molar-refractivity contribution >= 4 is 5.91 Å². The van der Waals surface area contributed by atoms with E-state index in [0.717, 1.165) is 5.82 Å². The number of amides is 1. The lowest BCUT2D eigenvalue weighted by molar-refractivity contribution is -0.122. The molecule has 0 aliphatic heterocycles. The van der Waals surface area contributed by atoms with Crippen LogP contribution in [-0.2, 0) is 18.4 Å². The summed E-state index contributed by atoms with van der Waals surface area (Å²) >= 11 is 0. The molecule has 1 aromatic rings. The number of likely N-dealkylation sites (N-methyl/N-ethyl adjacent to an activating group) is 1. The summed E-state index contributed by atoms with van der Waals surface area (Å²) in [5, 5.41) is 5.88. The molecule has 1 aromatic heterocycles. The van der Waals surface area contributed by atoms with Gasteiger partial charge in [-0.2, -0.15) is 0 Å². The second-order valence-corrected chi connectivity index (χ2v) is 3.45. The van der Waals surface area contributed by atoms with Crippen LogP contribution in [0, 0.1) is 0 Å². The van der Waals surface area contributed by atoms with Crippen LogP contribution in [0.2, 0.25) is 0 Å². The van der Waals surface area contributed by atoms with Gasteiger partial charge in [-0.25, -0.2) is 4.98 Å². The molecule has 0 saturated heterocycles. The average Bonchev–Trinajstić information content (AvgIpc) is 2.61. The molecule has 0 aliphatic carbocycles. The lowest BCUT2D eigenvalue weighted by atomic mass is 10.3. The van der Waals surface area contributed by atoms with Gasteiger partial charge in [0.05, 0.1) is 12.6 Å². The third kappa shape index (κ3) is 3.36. The van der Waals surface area contributed by atoms with Gasteiger partial charge < -0.3 is 9.88 Å². The standard InChI is InChI=1S/C10H18N4O/c1-4-11-10(15)8(2)13-7-9-12-5-6-14(9)3/h5-6,8,13H,4,7H2,1-3H3,(H,11,15). The van der Waals surface area contributed by atoms with Crippen molar-refractivity contribution < 1.29 is 4.79 Å². The first-order chi connectivity index (χ1) is 7.15. The molecule has 84 valence electrons. The minimum atomic E-state index is -0.193. The van der Waals surface area contributed by atoms with Gasteiger partial charge in [-0.15, -0.1) is 0 Å². The Hall–Kier alpha value is -1.36. The number of hydrogen-bond donors (Lipinski definition) is 2. The number of aryl methyl sites for hydroxylation is 1. The van der Waals surface area contributed by atoms with Crippen molar-refractivity contribution in [1.29, 1.82) is 0 Å². The molecule has 0 aliphatic rings. The van der Waals surface area contributed by atoms with E-state index in [-0.39, 0.29) is 11.9 Å². The summed E-state index contributed by atoms with van der Waals surface area (Å²) in [6, 6.07) is -0.193. The number of nitrogens with one attached hydrogen (secondary N) is 2. The number of hydrogen-bond acceptors (Lipinski definition) is 3. The van der Waals surface area contributed by atoms with E-state index in [2.05, 4.69) is 15.6 Å². The summed E-state index contributed by atoms with van der Waals surface area (Å²) in [6.45, 7) is 5.01. The first-order valence-electron chi connectivity index (χ1n) is 5.12. The molecule has 1 heterocycles. The SMILES string of the molecule is CCNC(=O)C(C)NCc1nccn1C. The highest BCUT2D eigenvalue weighted by molar-refractivity contribution is 5.81. The molecular weight excluding hydrogens is 192 g/mol.